The first-order chi connectivity index (χ1) is 9.81. The molecule has 0 radical (unpaired) electrons. The lowest BCUT2D eigenvalue weighted by Crippen LogP contribution is -2.36. The van der Waals surface area contributed by atoms with Crippen LogP contribution in [0.3, 0.4) is 0 Å². The van der Waals surface area contributed by atoms with Crippen molar-refractivity contribution in [3.05, 3.63) is 42.2 Å². The summed E-state index contributed by atoms with van der Waals surface area (Å²) < 4.78 is 3.72. The summed E-state index contributed by atoms with van der Waals surface area (Å²) in [6.07, 6.45) is 10.6. The highest BCUT2D eigenvalue weighted by Crippen LogP contribution is 2.12. The average molecular weight is 382 g/mol. The Labute approximate surface area is 136 Å². The van der Waals surface area contributed by atoms with Crippen LogP contribution in [0.5, 0.6) is 0 Å². The molecule has 1 aromatic heterocycles. The van der Waals surface area contributed by atoms with Crippen LogP contribution in [0.4, 0.5) is 0 Å². The fraction of sp³-hybridized carbons (Fsp3) is 0.500. The number of rotatable bonds is 8. The highest BCUT2D eigenvalue weighted by atomic mass is 127. The second-order valence-electron chi connectivity index (χ2n) is 5.55. The molecule has 0 atom stereocenters. The van der Waals surface area contributed by atoms with Gasteiger partial charge in [-0.2, -0.15) is 0 Å². The Hall–Kier alpha value is -0.640. The van der Waals surface area contributed by atoms with Crippen molar-refractivity contribution in [3.8, 4) is 0 Å². The monoisotopic (exact) mass is 382 g/mol. The zero-order valence-electron chi connectivity index (χ0n) is 12.4. The number of aromatic nitrogens is 1. The fourth-order valence-corrected chi connectivity index (χ4v) is 3.20. The highest BCUT2D eigenvalue weighted by Gasteiger charge is 2.07. The second kappa shape index (κ2) is 8.60. The number of nitrogens with zero attached hydrogens (tertiary/aromatic N) is 1. The summed E-state index contributed by atoms with van der Waals surface area (Å²) in [7, 11) is 0. The molecule has 20 heavy (non-hydrogen) atoms. The number of hydrogen-bond donors (Lipinski definition) is 0. The smallest absolute Gasteiger partial charge is 0.178 e. The van der Waals surface area contributed by atoms with Crippen molar-refractivity contribution >= 4 is 33.4 Å². The van der Waals surface area contributed by atoms with E-state index < -0.39 is 0 Å². The lowest BCUT2D eigenvalue weighted by atomic mass is 10.1. The number of alkyl halides is 1. The molecule has 0 N–H and O–H groups in total. The van der Waals surface area contributed by atoms with E-state index in [1.54, 1.807) is 0 Å². The molecule has 1 aromatic carbocycles. The van der Waals surface area contributed by atoms with Crippen molar-refractivity contribution < 1.29 is 4.57 Å². The van der Waals surface area contributed by atoms with E-state index in [1.165, 1.54) is 59.4 Å². The van der Waals surface area contributed by atoms with Crippen LogP contribution in [0.15, 0.2) is 36.5 Å². The maximum atomic E-state index is 2.47. The maximum absolute atomic E-state index is 2.47. The van der Waals surface area contributed by atoms with E-state index >= 15 is 0 Å². The SMILES string of the molecule is Cc1cc2ccccc2c[n+]1CCCCCCCCI. The first-order valence-corrected chi connectivity index (χ1v) is 9.28. The van der Waals surface area contributed by atoms with Gasteiger partial charge in [-0.3, -0.25) is 0 Å². The summed E-state index contributed by atoms with van der Waals surface area (Å²) in [6.45, 7) is 3.37. The minimum Gasteiger partial charge on any atom is -0.202 e. The van der Waals surface area contributed by atoms with E-state index in [0.717, 1.165) is 6.54 Å². The average Bonchev–Trinajstić information content (AvgIpc) is 2.46. The number of unbranched alkanes of at least 4 members (excludes halogenated alkanes) is 5. The molecular formula is C18H25IN+. The molecule has 0 spiro atoms. The van der Waals surface area contributed by atoms with Crippen LogP contribution >= 0.6 is 22.6 Å². The normalized spacial score (nSPS) is 11.1. The summed E-state index contributed by atoms with van der Waals surface area (Å²) in [5.41, 5.74) is 1.37. The minimum atomic E-state index is 1.16. The standard InChI is InChI=1S/C18H25IN/c1-16-14-17-10-6-7-11-18(17)15-20(16)13-9-5-3-2-4-8-12-19/h6-7,10-11,14-15H,2-5,8-9,12-13H2,1H3/q+1. The van der Waals surface area contributed by atoms with Crippen LogP contribution in [0, 0.1) is 6.92 Å². The minimum absolute atomic E-state index is 1.16. The second-order valence-corrected chi connectivity index (χ2v) is 6.63. The van der Waals surface area contributed by atoms with Crippen molar-refractivity contribution in [1.29, 1.82) is 0 Å². The van der Waals surface area contributed by atoms with E-state index in [4.69, 9.17) is 0 Å². The molecule has 0 bridgehead atoms. The third kappa shape index (κ3) is 4.72. The van der Waals surface area contributed by atoms with Gasteiger partial charge in [0.05, 0.1) is 0 Å². The van der Waals surface area contributed by atoms with Crippen LogP contribution in [-0.4, -0.2) is 4.43 Å². The molecular weight excluding hydrogens is 357 g/mol. The van der Waals surface area contributed by atoms with Gasteiger partial charge in [-0.05, 0) is 28.7 Å². The molecule has 1 heterocycles. The van der Waals surface area contributed by atoms with Crippen molar-refractivity contribution in [1.82, 2.24) is 0 Å². The van der Waals surface area contributed by atoms with Crippen LogP contribution < -0.4 is 4.57 Å². The van der Waals surface area contributed by atoms with Crippen molar-refractivity contribution in [2.24, 2.45) is 0 Å². The molecule has 0 unspecified atom stereocenters. The third-order valence-electron chi connectivity index (χ3n) is 3.89. The molecule has 0 fully saturated rings. The van der Waals surface area contributed by atoms with Crippen molar-refractivity contribution in [2.45, 2.75) is 52.0 Å². The fourth-order valence-electron chi connectivity index (χ4n) is 2.66. The molecule has 2 aromatic rings. The summed E-state index contributed by atoms with van der Waals surface area (Å²) >= 11 is 2.47. The van der Waals surface area contributed by atoms with E-state index in [9.17, 15) is 0 Å². The summed E-state index contributed by atoms with van der Waals surface area (Å²) in [5.74, 6) is 0. The van der Waals surface area contributed by atoms with Crippen LogP contribution in [0.2, 0.25) is 0 Å². The van der Waals surface area contributed by atoms with Crippen LogP contribution in [0.1, 0.15) is 44.2 Å². The number of fused-ring (bicyclic) bond motifs is 1. The first-order valence-electron chi connectivity index (χ1n) is 7.76. The molecule has 0 saturated carbocycles. The molecule has 108 valence electrons. The largest absolute Gasteiger partial charge is 0.202 e. The maximum Gasteiger partial charge on any atom is 0.178 e. The lowest BCUT2D eigenvalue weighted by molar-refractivity contribution is -0.701. The molecule has 0 saturated heterocycles. The topological polar surface area (TPSA) is 3.88 Å². The summed E-state index contributed by atoms with van der Waals surface area (Å²) in [5, 5.41) is 2.69. The predicted molar refractivity (Wildman–Crippen MR) is 95.5 cm³/mol. The number of hydrogen-bond acceptors (Lipinski definition) is 0. The highest BCUT2D eigenvalue weighted by molar-refractivity contribution is 14.1. The Bertz CT molecular complexity index is 536. The summed E-state index contributed by atoms with van der Waals surface area (Å²) in [4.78, 5) is 0. The zero-order valence-corrected chi connectivity index (χ0v) is 14.6. The zero-order chi connectivity index (χ0) is 14.2. The molecule has 0 aliphatic rings. The van der Waals surface area contributed by atoms with Crippen molar-refractivity contribution in [3.63, 3.8) is 0 Å². The molecule has 2 rings (SSSR count). The van der Waals surface area contributed by atoms with Gasteiger partial charge in [0.1, 0.15) is 6.54 Å². The Kier molecular flexibility index (Phi) is 6.77. The molecule has 0 aliphatic heterocycles. The van der Waals surface area contributed by atoms with Gasteiger partial charge in [0.2, 0.25) is 0 Å². The number of halogens is 1. The van der Waals surface area contributed by atoms with Gasteiger partial charge >= 0.3 is 0 Å². The number of aryl methyl sites for hydroxylation is 2. The third-order valence-corrected chi connectivity index (χ3v) is 4.65. The van der Waals surface area contributed by atoms with Gasteiger partial charge in [-0.15, -0.1) is 0 Å². The number of pyridine rings is 1. The first kappa shape index (κ1) is 15.7. The van der Waals surface area contributed by atoms with Gasteiger partial charge in [0.15, 0.2) is 11.9 Å². The number of benzene rings is 1. The molecule has 0 amide bonds. The Morgan fingerprint density at radius 1 is 0.900 bits per heavy atom. The van der Waals surface area contributed by atoms with Gasteiger partial charge in [0.25, 0.3) is 0 Å². The van der Waals surface area contributed by atoms with Crippen molar-refractivity contribution in [2.75, 3.05) is 4.43 Å². The van der Waals surface area contributed by atoms with Gasteiger partial charge in [-0.1, -0.05) is 60.1 Å². The van der Waals surface area contributed by atoms with E-state index in [0.29, 0.717) is 0 Å². The Balaban J connectivity index is 1.82. The van der Waals surface area contributed by atoms with E-state index in [-0.39, 0.29) is 0 Å². The molecule has 1 nitrogen and oxygen atoms in total. The quantitative estimate of drug-likeness (QED) is 0.255. The van der Waals surface area contributed by atoms with Gasteiger partial charge in [0, 0.05) is 24.8 Å². The van der Waals surface area contributed by atoms with Gasteiger partial charge in [-0.25, -0.2) is 4.57 Å². The summed E-state index contributed by atoms with van der Waals surface area (Å²) in [6, 6.07) is 10.9. The molecule has 0 aliphatic carbocycles. The van der Waals surface area contributed by atoms with Gasteiger partial charge < -0.3 is 0 Å². The predicted octanol–water partition coefficient (Wildman–Crippen LogP) is 5.21. The lowest BCUT2D eigenvalue weighted by Gasteiger charge is -2.03. The van der Waals surface area contributed by atoms with Crippen LogP contribution in [-0.2, 0) is 6.54 Å². The Morgan fingerprint density at radius 2 is 1.55 bits per heavy atom. The Morgan fingerprint density at radius 3 is 2.30 bits per heavy atom. The van der Waals surface area contributed by atoms with Crippen LogP contribution in [0.25, 0.3) is 10.8 Å². The molecule has 2 heteroatoms. The van der Waals surface area contributed by atoms with E-state index in [2.05, 4.69) is 70.6 Å². The van der Waals surface area contributed by atoms with E-state index in [1.807, 2.05) is 0 Å².